The first-order valence-corrected chi connectivity index (χ1v) is 7.65. The fourth-order valence-corrected chi connectivity index (χ4v) is 3.29. The van der Waals surface area contributed by atoms with E-state index in [1.54, 1.807) is 0 Å². The molecule has 1 aliphatic carbocycles. The van der Waals surface area contributed by atoms with E-state index in [1.807, 2.05) is 0 Å². The van der Waals surface area contributed by atoms with Crippen molar-refractivity contribution in [2.24, 2.45) is 16.4 Å². The van der Waals surface area contributed by atoms with E-state index in [1.165, 1.54) is 0 Å². The summed E-state index contributed by atoms with van der Waals surface area (Å²) in [6.07, 6.45) is -2.05. The number of rotatable bonds is 3. The van der Waals surface area contributed by atoms with Gasteiger partial charge in [-0.25, -0.2) is 0 Å². The first kappa shape index (κ1) is 18.2. The molecule has 1 unspecified atom stereocenters. The summed E-state index contributed by atoms with van der Waals surface area (Å²) in [5, 5.41) is 15.3. The van der Waals surface area contributed by atoms with Gasteiger partial charge in [-0.1, -0.05) is 20.8 Å². The normalized spacial score (nSPS) is 22.4. The third-order valence-corrected chi connectivity index (χ3v) is 4.02. The highest BCUT2D eigenvalue weighted by Crippen LogP contribution is 2.38. The molecule has 0 bridgehead atoms. The van der Waals surface area contributed by atoms with E-state index in [2.05, 4.69) is 31.3 Å². The number of hydrogen-bond acceptors (Lipinski definition) is 4. The molecule has 5 nitrogen and oxygen atoms in total. The van der Waals surface area contributed by atoms with Crippen LogP contribution in [-0.2, 0) is 6.18 Å². The summed E-state index contributed by atoms with van der Waals surface area (Å²) in [7, 11) is 0. The van der Waals surface area contributed by atoms with Crippen LogP contribution in [0.1, 0.15) is 45.6 Å². The number of benzene rings is 1. The highest BCUT2D eigenvalue weighted by Gasteiger charge is 2.33. The molecule has 1 aromatic carbocycles. The van der Waals surface area contributed by atoms with Gasteiger partial charge in [-0.05, 0) is 42.7 Å². The number of hydrazone groups is 1. The number of halogens is 3. The maximum absolute atomic E-state index is 12.7. The summed E-state index contributed by atoms with van der Waals surface area (Å²) in [5.74, 6) is 0.442. The van der Waals surface area contributed by atoms with Gasteiger partial charge in [0.05, 0.1) is 10.5 Å². The number of nitro benzene ring substituents is 1. The van der Waals surface area contributed by atoms with Crippen molar-refractivity contribution in [3.63, 3.8) is 0 Å². The molecule has 0 radical (unpaired) electrons. The lowest BCUT2D eigenvalue weighted by atomic mass is 9.72. The molecular formula is C16H20F3N3O2. The number of nitro groups is 1. The standard InChI is InChI=1S/C16H20F3N3O2/c1-10-6-12(9-15(2,3)8-10)20-21-13-5-4-11(16(17,18)19)7-14(13)22(23)24/h4-5,7,10,21H,6,8-9H2,1-3H3/b20-12-. The minimum absolute atomic E-state index is 0.0449. The van der Waals surface area contributed by atoms with Crippen molar-refractivity contribution < 1.29 is 18.1 Å². The van der Waals surface area contributed by atoms with Crippen LogP contribution in [0.2, 0.25) is 0 Å². The van der Waals surface area contributed by atoms with Gasteiger partial charge >= 0.3 is 6.18 Å². The quantitative estimate of drug-likeness (QED) is 0.604. The van der Waals surface area contributed by atoms with Crippen LogP contribution in [0, 0.1) is 21.4 Å². The van der Waals surface area contributed by atoms with Crippen molar-refractivity contribution in [3.8, 4) is 0 Å². The number of nitrogens with zero attached hydrogens (tertiary/aromatic N) is 2. The molecule has 8 heteroatoms. The lowest BCUT2D eigenvalue weighted by Crippen LogP contribution is -2.28. The second-order valence-corrected chi connectivity index (χ2v) is 7.13. The van der Waals surface area contributed by atoms with Crippen molar-refractivity contribution in [2.45, 2.75) is 46.2 Å². The Morgan fingerprint density at radius 3 is 2.58 bits per heavy atom. The SMILES string of the molecule is CC1C/C(=N/Nc2ccc(C(F)(F)F)cc2[N+](=O)[O-])CC(C)(C)C1. The first-order chi connectivity index (χ1) is 11.0. The Hall–Kier alpha value is -2.12. The van der Waals surface area contributed by atoms with Crippen molar-refractivity contribution in [1.29, 1.82) is 0 Å². The van der Waals surface area contributed by atoms with Crippen LogP contribution < -0.4 is 5.43 Å². The fraction of sp³-hybridized carbons (Fsp3) is 0.562. The summed E-state index contributed by atoms with van der Waals surface area (Å²) in [4.78, 5) is 10.2. The summed E-state index contributed by atoms with van der Waals surface area (Å²) in [6, 6.07) is 2.38. The molecule has 0 spiro atoms. The maximum Gasteiger partial charge on any atom is 0.416 e. The lowest BCUT2D eigenvalue weighted by molar-refractivity contribution is -0.384. The molecule has 1 atom stereocenters. The molecule has 1 N–H and O–H groups in total. The van der Waals surface area contributed by atoms with Crippen molar-refractivity contribution in [2.75, 3.05) is 5.43 Å². The average Bonchev–Trinajstić information content (AvgIpc) is 2.41. The Labute approximate surface area is 138 Å². The monoisotopic (exact) mass is 343 g/mol. The third-order valence-electron chi connectivity index (χ3n) is 4.02. The molecule has 0 heterocycles. The zero-order chi connectivity index (χ0) is 18.1. The van der Waals surface area contributed by atoms with Gasteiger partial charge in [0.15, 0.2) is 0 Å². The molecular weight excluding hydrogens is 323 g/mol. The molecule has 24 heavy (non-hydrogen) atoms. The van der Waals surface area contributed by atoms with Gasteiger partial charge in [-0.15, -0.1) is 0 Å². The topological polar surface area (TPSA) is 67.5 Å². The van der Waals surface area contributed by atoms with Gasteiger partial charge in [-0.3, -0.25) is 15.5 Å². The zero-order valence-corrected chi connectivity index (χ0v) is 13.8. The van der Waals surface area contributed by atoms with Gasteiger partial charge in [0, 0.05) is 11.8 Å². The van der Waals surface area contributed by atoms with Gasteiger partial charge in [-0.2, -0.15) is 18.3 Å². The van der Waals surface area contributed by atoms with Crippen LogP contribution in [0.5, 0.6) is 0 Å². The minimum atomic E-state index is -4.63. The molecule has 1 aromatic rings. The van der Waals surface area contributed by atoms with Crippen LogP contribution >= 0.6 is 0 Å². The van der Waals surface area contributed by atoms with Crippen molar-refractivity contribution in [3.05, 3.63) is 33.9 Å². The van der Waals surface area contributed by atoms with E-state index in [0.29, 0.717) is 12.0 Å². The Kier molecular flexibility index (Phi) is 4.87. The molecule has 2 rings (SSSR count). The summed E-state index contributed by atoms with van der Waals surface area (Å²) >= 11 is 0. The summed E-state index contributed by atoms with van der Waals surface area (Å²) in [5.41, 5.74) is 1.79. The Balaban J connectivity index is 2.26. The third kappa shape index (κ3) is 4.46. The van der Waals surface area contributed by atoms with Crippen LogP contribution in [0.3, 0.4) is 0 Å². The van der Waals surface area contributed by atoms with E-state index >= 15 is 0 Å². The molecule has 0 amide bonds. The first-order valence-electron chi connectivity index (χ1n) is 7.65. The van der Waals surface area contributed by atoms with Crippen LogP contribution in [0.15, 0.2) is 23.3 Å². The smallest absolute Gasteiger partial charge is 0.272 e. The average molecular weight is 343 g/mol. The Morgan fingerprint density at radius 2 is 2.04 bits per heavy atom. The minimum Gasteiger partial charge on any atom is -0.272 e. The second-order valence-electron chi connectivity index (χ2n) is 7.13. The van der Waals surface area contributed by atoms with E-state index < -0.39 is 22.4 Å². The summed E-state index contributed by atoms with van der Waals surface area (Å²) in [6.45, 7) is 6.36. The van der Waals surface area contributed by atoms with E-state index in [0.717, 1.165) is 37.1 Å². The van der Waals surface area contributed by atoms with E-state index in [4.69, 9.17) is 0 Å². The molecule has 1 saturated carbocycles. The molecule has 0 saturated heterocycles. The number of anilines is 1. The van der Waals surface area contributed by atoms with Crippen LogP contribution in [-0.4, -0.2) is 10.6 Å². The largest absolute Gasteiger partial charge is 0.416 e. The predicted molar refractivity (Wildman–Crippen MR) is 86.0 cm³/mol. The highest BCUT2D eigenvalue weighted by atomic mass is 19.4. The molecule has 0 aliphatic heterocycles. The second kappa shape index (κ2) is 6.41. The zero-order valence-electron chi connectivity index (χ0n) is 13.8. The summed E-state index contributed by atoms with van der Waals surface area (Å²) < 4.78 is 38.1. The van der Waals surface area contributed by atoms with E-state index in [9.17, 15) is 23.3 Å². The number of alkyl halides is 3. The van der Waals surface area contributed by atoms with Gasteiger partial charge in [0.25, 0.3) is 5.69 Å². The Morgan fingerprint density at radius 1 is 1.38 bits per heavy atom. The van der Waals surface area contributed by atoms with Gasteiger partial charge in [0.2, 0.25) is 0 Å². The number of nitrogens with one attached hydrogen (secondary N) is 1. The van der Waals surface area contributed by atoms with Crippen LogP contribution in [0.25, 0.3) is 0 Å². The highest BCUT2D eigenvalue weighted by molar-refractivity contribution is 5.87. The van der Waals surface area contributed by atoms with Gasteiger partial charge < -0.3 is 0 Å². The van der Waals surface area contributed by atoms with E-state index in [-0.39, 0.29) is 11.1 Å². The molecule has 1 aliphatic rings. The van der Waals surface area contributed by atoms with Gasteiger partial charge in [0.1, 0.15) is 5.69 Å². The predicted octanol–water partition coefficient (Wildman–Crippen LogP) is 5.23. The Bertz CT molecular complexity index is 669. The lowest BCUT2D eigenvalue weighted by Gasteiger charge is -2.34. The molecule has 1 fully saturated rings. The number of hydrogen-bond donors (Lipinski definition) is 1. The molecule has 132 valence electrons. The molecule has 0 aromatic heterocycles. The van der Waals surface area contributed by atoms with Crippen molar-refractivity contribution >= 4 is 17.1 Å². The van der Waals surface area contributed by atoms with Crippen molar-refractivity contribution in [1.82, 2.24) is 0 Å². The van der Waals surface area contributed by atoms with Crippen LogP contribution in [0.4, 0.5) is 24.5 Å². The maximum atomic E-state index is 12.7. The fourth-order valence-electron chi connectivity index (χ4n) is 3.29.